The highest BCUT2D eigenvalue weighted by Gasteiger charge is 2.20. The molecule has 0 fully saturated rings. The van der Waals surface area contributed by atoms with Gasteiger partial charge in [0.25, 0.3) is 5.91 Å². The van der Waals surface area contributed by atoms with Crippen molar-refractivity contribution < 1.29 is 9.90 Å². The molecule has 21 heavy (non-hydrogen) atoms. The molecular formula is C17H18N2O2. The number of phenolic OH excluding ortho intramolecular Hbond substituents is 1. The van der Waals surface area contributed by atoms with Crippen LogP contribution in [-0.2, 0) is 0 Å². The lowest BCUT2D eigenvalue weighted by atomic mass is 10.0. The van der Waals surface area contributed by atoms with Crippen LogP contribution in [0, 0.1) is 17.2 Å². The molecule has 1 amide bonds. The van der Waals surface area contributed by atoms with E-state index in [4.69, 9.17) is 5.26 Å². The van der Waals surface area contributed by atoms with Gasteiger partial charge in [0.15, 0.2) is 0 Å². The van der Waals surface area contributed by atoms with E-state index >= 15 is 0 Å². The van der Waals surface area contributed by atoms with Crippen LogP contribution in [0.5, 0.6) is 5.75 Å². The Morgan fingerprint density at radius 2 is 2.05 bits per heavy atom. The first-order valence-electron chi connectivity index (χ1n) is 6.98. The van der Waals surface area contributed by atoms with Crippen molar-refractivity contribution in [3.05, 3.63) is 42.0 Å². The molecule has 4 heteroatoms. The van der Waals surface area contributed by atoms with Crippen molar-refractivity contribution in [1.29, 1.82) is 5.26 Å². The summed E-state index contributed by atoms with van der Waals surface area (Å²) in [4.78, 5) is 14.1. The third-order valence-corrected chi connectivity index (χ3v) is 3.51. The number of fused-ring (bicyclic) bond motifs is 1. The number of nitriles is 1. The van der Waals surface area contributed by atoms with Crippen molar-refractivity contribution in [1.82, 2.24) is 4.90 Å². The number of rotatable bonds is 4. The van der Waals surface area contributed by atoms with Crippen LogP contribution in [0.4, 0.5) is 0 Å². The summed E-state index contributed by atoms with van der Waals surface area (Å²) in [5.74, 6) is -0.486. The fraction of sp³-hybridized carbons (Fsp3) is 0.294. The zero-order valence-corrected chi connectivity index (χ0v) is 12.2. The zero-order chi connectivity index (χ0) is 15.4. The quantitative estimate of drug-likeness (QED) is 0.936. The van der Waals surface area contributed by atoms with E-state index < -0.39 is 0 Å². The monoisotopic (exact) mass is 282 g/mol. The third kappa shape index (κ3) is 2.97. The van der Waals surface area contributed by atoms with Crippen LogP contribution in [0.1, 0.15) is 24.2 Å². The molecule has 2 rings (SSSR count). The molecule has 0 aliphatic carbocycles. The summed E-state index contributed by atoms with van der Waals surface area (Å²) in [6, 6.07) is 13.0. The molecule has 0 aromatic heterocycles. The van der Waals surface area contributed by atoms with Crippen molar-refractivity contribution in [2.24, 2.45) is 5.92 Å². The maximum absolute atomic E-state index is 12.5. The first-order valence-corrected chi connectivity index (χ1v) is 6.98. The lowest BCUT2D eigenvalue weighted by Crippen LogP contribution is -2.34. The number of benzene rings is 2. The van der Waals surface area contributed by atoms with Gasteiger partial charge in [0.05, 0.1) is 17.6 Å². The van der Waals surface area contributed by atoms with E-state index in [1.165, 1.54) is 0 Å². The Morgan fingerprint density at radius 3 is 2.71 bits per heavy atom. The molecular weight excluding hydrogens is 264 g/mol. The van der Waals surface area contributed by atoms with Crippen LogP contribution in [0.25, 0.3) is 10.8 Å². The third-order valence-electron chi connectivity index (χ3n) is 3.51. The van der Waals surface area contributed by atoms with Crippen molar-refractivity contribution in [3.63, 3.8) is 0 Å². The Balaban J connectivity index is 2.39. The Kier molecular flexibility index (Phi) is 4.44. The highest BCUT2D eigenvalue weighted by Crippen LogP contribution is 2.29. The molecule has 0 bridgehead atoms. The number of carbonyl (C=O) groups excluding carboxylic acids is 1. The van der Waals surface area contributed by atoms with Crippen LogP contribution in [0.15, 0.2) is 36.4 Å². The second-order valence-corrected chi connectivity index (χ2v) is 5.06. The molecule has 0 aliphatic heterocycles. The van der Waals surface area contributed by atoms with E-state index in [0.717, 1.165) is 5.39 Å². The lowest BCUT2D eigenvalue weighted by molar-refractivity contribution is 0.0750. The van der Waals surface area contributed by atoms with Gasteiger partial charge in [-0.1, -0.05) is 30.3 Å². The average molecular weight is 282 g/mol. The number of hydrogen-bond acceptors (Lipinski definition) is 3. The Hall–Kier alpha value is -2.54. The van der Waals surface area contributed by atoms with Crippen molar-refractivity contribution in [3.8, 4) is 11.8 Å². The summed E-state index contributed by atoms with van der Waals surface area (Å²) in [5.41, 5.74) is 0.278. The lowest BCUT2D eigenvalue weighted by Gasteiger charge is -2.22. The number of carbonyl (C=O) groups is 1. The van der Waals surface area contributed by atoms with Gasteiger partial charge in [-0.05, 0) is 25.3 Å². The second-order valence-electron chi connectivity index (χ2n) is 5.06. The minimum Gasteiger partial charge on any atom is -0.506 e. The van der Waals surface area contributed by atoms with Crippen LogP contribution < -0.4 is 0 Å². The molecule has 108 valence electrons. The van der Waals surface area contributed by atoms with Crippen molar-refractivity contribution in [2.75, 3.05) is 13.1 Å². The van der Waals surface area contributed by atoms with Crippen LogP contribution in [0.2, 0.25) is 0 Å². The molecule has 1 atom stereocenters. The predicted octanol–water partition coefficient (Wildman–Crippen LogP) is 3.17. The largest absolute Gasteiger partial charge is 0.506 e. The van der Waals surface area contributed by atoms with Crippen molar-refractivity contribution in [2.45, 2.75) is 13.8 Å². The number of nitrogens with zero attached hydrogens (tertiary/aromatic N) is 2. The minimum absolute atomic E-state index is 0.00107. The van der Waals surface area contributed by atoms with E-state index in [0.29, 0.717) is 18.5 Å². The maximum atomic E-state index is 12.5. The van der Waals surface area contributed by atoms with Crippen LogP contribution >= 0.6 is 0 Å². The fourth-order valence-corrected chi connectivity index (χ4v) is 2.33. The van der Waals surface area contributed by atoms with Gasteiger partial charge in [-0.25, -0.2) is 0 Å². The summed E-state index contributed by atoms with van der Waals surface area (Å²) in [6.45, 7) is 4.49. The summed E-state index contributed by atoms with van der Waals surface area (Å²) in [7, 11) is 0. The molecule has 0 saturated heterocycles. The number of hydrogen-bond donors (Lipinski definition) is 1. The molecule has 2 aromatic rings. The molecule has 0 aliphatic rings. The van der Waals surface area contributed by atoms with E-state index in [1.807, 2.05) is 31.2 Å². The summed E-state index contributed by atoms with van der Waals surface area (Å²) < 4.78 is 0. The summed E-state index contributed by atoms with van der Waals surface area (Å²) >= 11 is 0. The maximum Gasteiger partial charge on any atom is 0.257 e. The zero-order valence-electron chi connectivity index (χ0n) is 12.2. The van der Waals surface area contributed by atoms with Gasteiger partial charge >= 0.3 is 0 Å². The fourth-order valence-electron chi connectivity index (χ4n) is 2.33. The first-order chi connectivity index (χ1) is 10.1. The van der Waals surface area contributed by atoms with Gasteiger partial charge < -0.3 is 10.0 Å². The molecule has 0 saturated carbocycles. The van der Waals surface area contributed by atoms with Crippen molar-refractivity contribution >= 4 is 16.7 Å². The van der Waals surface area contributed by atoms with Gasteiger partial charge in [0, 0.05) is 18.5 Å². The topological polar surface area (TPSA) is 64.3 Å². The van der Waals surface area contributed by atoms with Crippen LogP contribution in [0.3, 0.4) is 0 Å². The van der Waals surface area contributed by atoms with Gasteiger partial charge in [0.2, 0.25) is 0 Å². The van der Waals surface area contributed by atoms with E-state index in [-0.39, 0.29) is 23.1 Å². The molecule has 1 unspecified atom stereocenters. The standard InChI is InChI=1S/C17H18N2O2/c1-3-19(11-12(2)10-18)17(21)15-9-8-13-6-4-5-7-14(13)16(15)20/h4-9,12,20H,3,11H2,1-2H3. The van der Waals surface area contributed by atoms with Gasteiger partial charge in [-0.15, -0.1) is 0 Å². The Labute approximate surface area is 124 Å². The van der Waals surface area contributed by atoms with Gasteiger partial charge in [-0.2, -0.15) is 5.26 Å². The predicted molar refractivity (Wildman–Crippen MR) is 82.0 cm³/mol. The minimum atomic E-state index is -0.247. The van der Waals surface area contributed by atoms with E-state index in [9.17, 15) is 9.90 Å². The van der Waals surface area contributed by atoms with Gasteiger partial charge in [-0.3, -0.25) is 4.79 Å². The Bertz CT molecular complexity index is 703. The number of amides is 1. The Morgan fingerprint density at radius 1 is 1.33 bits per heavy atom. The molecule has 0 spiro atoms. The molecule has 0 radical (unpaired) electrons. The second kappa shape index (κ2) is 6.27. The molecule has 1 N–H and O–H groups in total. The summed E-state index contributed by atoms with van der Waals surface area (Å²) in [6.07, 6.45) is 0. The van der Waals surface area contributed by atoms with E-state index in [1.54, 1.807) is 24.0 Å². The highest BCUT2D eigenvalue weighted by atomic mass is 16.3. The first kappa shape index (κ1) is 14.9. The van der Waals surface area contributed by atoms with E-state index in [2.05, 4.69) is 6.07 Å². The molecule has 2 aromatic carbocycles. The van der Waals surface area contributed by atoms with Crippen LogP contribution in [-0.4, -0.2) is 29.0 Å². The number of aromatic hydroxyl groups is 1. The SMILES string of the molecule is CCN(CC(C)C#N)C(=O)c1ccc2ccccc2c1O. The van der Waals surface area contributed by atoms with Gasteiger partial charge in [0.1, 0.15) is 5.75 Å². The molecule has 0 heterocycles. The molecule has 4 nitrogen and oxygen atoms in total. The normalized spacial score (nSPS) is 11.9. The summed E-state index contributed by atoms with van der Waals surface area (Å²) in [5, 5.41) is 20.8. The average Bonchev–Trinajstić information content (AvgIpc) is 2.52. The highest BCUT2D eigenvalue weighted by molar-refractivity contribution is 6.03. The number of phenols is 1. The smallest absolute Gasteiger partial charge is 0.257 e.